The first-order chi connectivity index (χ1) is 9.63. The monoisotopic (exact) mass is 276 g/mol. The standard InChI is InChI=1S/C13H12N2O5/c16-6-1-9-12(17)14-8-3-11-10(19-5-20-11)2-7(8)13(18)15(9)4-6/h2-3,6,9,16H,1,4-5H2,(H,14,17)/t6-,9+/m1/s1. The SMILES string of the molecule is O=C1Nc2cc3c(cc2C(=O)N2C[C@H](O)C[C@@H]12)OCO3. The number of nitrogens with one attached hydrogen (secondary N) is 1. The van der Waals surface area contributed by atoms with E-state index in [0.29, 0.717) is 22.7 Å². The number of ether oxygens (including phenoxy) is 2. The predicted molar refractivity (Wildman–Crippen MR) is 66.6 cm³/mol. The van der Waals surface area contributed by atoms with Crippen LogP contribution in [0.4, 0.5) is 5.69 Å². The molecular formula is C13H12N2O5. The zero-order chi connectivity index (χ0) is 13.9. The summed E-state index contributed by atoms with van der Waals surface area (Å²) < 4.78 is 10.5. The average Bonchev–Trinajstić information content (AvgIpc) is 3.00. The molecule has 0 spiro atoms. The molecule has 0 aliphatic carbocycles. The van der Waals surface area contributed by atoms with Crippen LogP contribution in [0.25, 0.3) is 0 Å². The van der Waals surface area contributed by atoms with Crippen LogP contribution < -0.4 is 14.8 Å². The van der Waals surface area contributed by atoms with Gasteiger partial charge in [-0.05, 0) is 6.07 Å². The second kappa shape index (κ2) is 3.86. The van der Waals surface area contributed by atoms with E-state index in [2.05, 4.69) is 5.32 Å². The number of hydrogen-bond donors (Lipinski definition) is 2. The molecule has 1 saturated heterocycles. The van der Waals surface area contributed by atoms with E-state index in [1.54, 1.807) is 12.1 Å². The van der Waals surface area contributed by atoms with Crippen LogP contribution in [-0.2, 0) is 4.79 Å². The van der Waals surface area contributed by atoms with E-state index in [1.165, 1.54) is 4.90 Å². The third kappa shape index (κ3) is 1.50. The van der Waals surface area contributed by atoms with Crippen LogP contribution in [0.1, 0.15) is 16.8 Å². The van der Waals surface area contributed by atoms with Gasteiger partial charge in [-0.2, -0.15) is 0 Å². The molecule has 3 aliphatic rings. The average molecular weight is 276 g/mol. The fourth-order valence-electron chi connectivity index (χ4n) is 2.88. The Kier molecular flexibility index (Phi) is 2.23. The molecule has 7 nitrogen and oxygen atoms in total. The lowest BCUT2D eigenvalue weighted by atomic mass is 10.1. The predicted octanol–water partition coefficient (Wildman–Crippen LogP) is -0.0572. The summed E-state index contributed by atoms with van der Waals surface area (Å²) in [6.07, 6.45) is -0.400. The van der Waals surface area contributed by atoms with Crippen LogP contribution in [0.2, 0.25) is 0 Å². The van der Waals surface area contributed by atoms with Crippen molar-refractivity contribution in [3.8, 4) is 11.5 Å². The summed E-state index contributed by atoms with van der Waals surface area (Å²) in [5, 5.41) is 12.4. The molecule has 7 heteroatoms. The quantitative estimate of drug-likeness (QED) is 0.693. The van der Waals surface area contributed by atoms with E-state index in [4.69, 9.17) is 9.47 Å². The van der Waals surface area contributed by atoms with Gasteiger partial charge in [0.15, 0.2) is 11.5 Å². The van der Waals surface area contributed by atoms with Crippen molar-refractivity contribution in [3.63, 3.8) is 0 Å². The molecule has 0 unspecified atom stereocenters. The highest BCUT2D eigenvalue weighted by molar-refractivity contribution is 6.10. The first-order valence-corrected chi connectivity index (χ1v) is 6.37. The Hall–Kier alpha value is -2.28. The molecule has 1 fully saturated rings. The van der Waals surface area contributed by atoms with Crippen molar-refractivity contribution in [1.82, 2.24) is 4.90 Å². The maximum atomic E-state index is 12.5. The third-order valence-electron chi connectivity index (χ3n) is 3.84. The fraction of sp³-hybridized carbons (Fsp3) is 0.385. The number of aliphatic hydroxyl groups excluding tert-OH is 1. The maximum Gasteiger partial charge on any atom is 0.256 e. The molecule has 1 aromatic rings. The Balaban J connectivity index is 1.83. The molecule has 1 aromatic carbocycles. The van der Waals surface area contributed by atoms with Crippen LogP contribution in [0.15, 0.2) is 12.1 Å². The van der Waals surface area contributed by atoms with Crippen LogP contribution in [-0.4, -0.2) is 47.3 Å². The summed E-state index contributed by atoms with van der Waals surface area (Å²) >= 11 is 0. The van der Waals surface area contributed by atoms with Crippen molar-refractivity contribution >= 4 is 17.5 Å². The van der Waals surface area contributed by atoms with Crippen molar-refractivity contribution in [3.05, 3.63) is 17.7 Å². The molecule has 3 heterocycles. The molecule has 20 heavy (non-hydrogen) atoms. The Labute approximate surface area is 114 Å². The van der Waals surface area contributed by atoms with Gasteiger partial charge in [-0.15, -0.1) is 0 Å². The Bertz CT molecular complexity index is 629. The number of anilines is 1. The first-order valence-electron chi connectivity index (χ1n) is 6.37. The van der Waals surface area contributed by atoms with Gasteiger partial charge in [-0.25, -0.2) is 0 Å². The normalized spacial score (nSPS) is 26.9. The van der Waals surface area contributed by atoms with Crippen molar-refractivity contribution in [2.75, 3.05) is 18.7 Å². The molecule has 2 N–H and O–H groups in total. The van der Waals surface area contributed by atoms with Gasteiger partial charge >= 0.3 is 0 Å². The van der Waals surface area contributed by atoms with E-state index in [0.717, 1.165) is 0 Å². The highest BCUT2D eigenvalue weighted by Gasteiger charge is 2.42. The zero-order valence-electron chi connectivity index (χ0n) is 10.5. The molecule has 104 valence electrons. The summed E-state index contributed by atoms with van der Waals surface area (Å²) in [5.41, 5.74) is 0.785. The van der Waals surface area contributed by atoms with E-state index in [-0.39, 0.29) is 31.6 Å². The highest BCUT2D eigenvalue weighted by Crippen LogP contribution is 2.39. The van der Waals surface area contributed by atoms with Crippen LogP contribution >= 0.6 is 0 Å². The lowest BCUT2D eigenvalue weighted by molar-refractivity contribution is -0.119. The second-order valence-electron chi connectivity index (χ2n) is 5.10. The molecule has 0 aromatic heterocycles. The minimum Gasteiger partial charge on any atom is -0.454 e. The lowest BCUT2D eigenvalue weighted by Crippen LogP contribution is -2.40. The molecule has 0 bridgehead atoms. The first kappa shape index (κ1) is 11.5. The number of rotatable bonds is 0. The van der Waals surface area contributed by atoms with Crippen molar-refractivity contribution in [2.45, 2.75) is 18.6 Å². The van der Waals surface area contributed by atoms with Gasteiger partial charge in [0.2, 0.25) is 12.7 Å². The van der Waals surface area contributed by atoms with Gasteiger partial charge in [0.05, 0.1) is 17.4 Å². The summed E-state index contributed by atoms with van der Waals surface area (Å²) in [7, 11) is 0. The number of nitrogens with zero attached hydrogens (tertiary/aromatic N) is 1. The van der Waals surface area contributed by atoms with Gasteiger partial charge in [-0.3, -0.25) is 9.59 Å². The number of carbonyl (C=O) groups is 2. The number of hydrogen-bond acceptors (Lipinski definition) is 5. The number of fused-ring (bicyclic) bond motifs is 3. The number of carbonyl (C=O) groups excluding carboxylic acids is 2. The maximum absolute atomic E-state index is 12.5. The topological polar surface area (TPSA) is 88.1 Å². The van der Waals surface area contributed by atoms with E-state index in [1.807, 2.05) is 0 Å². The van der Waals surface area contributed by atoms with Gasteiger partial charge in [-0.1, -0.05) is 0 Å². The highest BCUT2D eigenvalue weighted by atomic mass is 16.7. The molecule has 3 aliphatic heterocycles. The molecule has 0 saturated carbocycles. The van der Waals surface area contributed by atoms with Gasteiger partial charge < -0.3 is 24.8 Å². The summed E-state index contributed by atoms with van der Waals surface area (Å²) in [6.45, 7) is 0.274. The van der Waals surface area contributed by atoms with Gasteiger partial charge in [0, 0.05) is 19.0 Å². The Morgan fingerprint density at radius 2 is 2.00 bits per heavy atom. The minimum atomic E-state index is -0.662. The fourth-order valence-corrected chi connectivity index (χ4v) is 2.88. The van der Waals surface area contributed by atoms with Crippen molar-refractivity contribution in [2.24, 2.45) is 0 Å². The van der Waals surface area contributed by atoms with E-state index in [9.17, 15) is 14.7 Å². The van der Waals surface area contributed by atoms with Crippen LogP contribution in [0, 0.1) is 0 Å². The zero-order valence-corrected chi connectivity index (χ0v) is 10.5. The third-order valence-corrected chi connectivity index (χ3v) is 3.84. The number of aliphatic hydroxyl groups is 1. The second-order valence-corrected chi connectivity index (χ2v) is 5.10. The number of amides is 2. The Morgan fingerprint density at radius 1 is 1.25 bits per heavy atom. The van der Waals surface area contributed by atoms with Crippen LogP contribution in [0.5, 0.6) is 11.5 Å². The van der Waals surface area contributed by atoms with E-state index >= 15 is 0 Å². The van der Waals surface area contributed by atoms with Gasteiger partial charge in [0.1, 0.15) is 6.04 Å². The summed E-state index contributed by atoms with van der Waals surface area (Å²) in [5.74, 6) is 0.439. The molecule has 0 radical (unpaired) electrons. The molecule has 2 amide bonds. The number of benzene rings is 1. The Morgan fingerprint density at radius 3 is 2.80 bits per heavy atom. The van der Waals surface area contributed by atoms with E-state index < -0.39 is 12.1 Å². The minimum absolute atomic E-state index is 0.103. The summed E-state index contributed by atoms with van der Waals surface area (Å²) in [4.78, 5) is 26.1. The largest absolute Gasteiger partial charge is 0.454 e. The molecule has 2 atom stereocenters. The van der Waals surface area contributed by atoms with Crippen molar-refractivity contribution in [1.29, 1.82) is 0 Å². The summed E-state index contributed by atoms with van der Waals surface area (Å²) in [6, 6.07) is 2.56. The smallest absolute Gasteiger partial charge is 0.256 e. The van der Waals surface area contributed by atoms with Gasteiger partial charge in [0.25, 0.3) is 5.91 Å². The molecule has 4 rings (SSSR count). The lowest BCUT2D eigenvalue weighted by Gasteiger charge is -2.19. The molecular weight excluding hydrogens is 264 g/mol. The van der Waals surface area contributed by atoms with Crippen molar-refractivity contribution < 1.29 is 24.2 Å². The van der Waals surface area contributed by atoms with Crippen LogP contribution in [0.3, 0.4) is 0 Å².